The lowest BCUT2D eigenvalue weighted by atomic mass is 9.99. The molecule has 2 amide bonds. The lowest BCUT2D eigenvalue weighted by molar-refractivity contribution is 0.211. The van der Waals surface area contributed by atoms with E-state index in [-0.39, 0.29) is 6.03 Å². The summed E-state index contributed by atoms with van der Waals surface area (Å²) in [6, 6.07) is 6.17. The summed E-state index contributed by atoms with van der Waals surface area (Å²) in [6.45, 7) is 3.61. The van der Waals surface area contributed by atoms with Gasteiger partial charge in [0.25, 0.3) is 0 Å². The van der Waals surface area contributed by atoms with Crippen LogP contribution in [0.4, 0.5) is 10.5 Å². The van der Waals surface area contributed by atoms with Gasteiger partial charge in [-0.3, -0.25) is 10.9 Å². The minimum Gasteiger partial charge on any atom is -0.323 e. The standard InChI is InChI=1S/C14H20N4O/c19-14(18-8-1-2-9-18)17-16-13-5-3-4-11-6-7-15-10-12(11)13/h3-5,15-16H,1-2,6-10H2,(H,17,19). The second-order valence-corrected chi connectivity index (χ2v) is 5.12. The number of benzene rings is 1. The van der Waals surface area contributed by atoms with Gasteiger partial charge in [-0.1, -0.05) is 12.1 Å². The molecule has 1 aromatic carbocycles. The third-order valence-electron chi connectivity index (χ3n) is 3.84. The first-order valence-corrected chi connectivity index (χ1v) is 6.97. The van der Waals surface area contributed by atoms with Crippen molar-refractivity contribution in [3.8, 4) is 0 Å². The van der Waals surface area contributed by atoms with Crippen molar-refractivity contribution in [2.24, 2.45) is 0 Å². The normalized spacial score (nSPS) is 18.0. The van der Waals surface area contributed by atoms with Crippen LogP contribution in [0.3, 0.4) is 0 Å². The molecule has 1 saturated heterocycles. The molecule has 0 atom stereocenters. The van der Waals surface area contributed by atoms with Gasteiger partial charge in [-0.2, -0.15) is 0 Å². The molecule has 0 saturated carbocycles. The number of nitrogens with zero attached hydrogens (tertiary/aromatic N) is 1. The molecule has 0 spiro atoms. The maximum Gasteiger partial charge on any atom is 0.336 e. The fourth-order valence-electron chi connectivity index (χ4n) is 2.75. The number of hydrogen-bond donors (Lipinski definition) is 3. The van der Waals surface area contributed by atoms with E-state index in [4.69, 9.17) is 0 Å². The van der Waals surface area contributed by atoms with Crippen LogP contribution >= 0.6 is 0 Å². The first kappa shape index (κ1) is 12.3. The number of carbonyl (C=O) groups excluding carboxylic acids is 1. The van der Waals surface area contributed by atoms with Crippen LogP contribution in [0.15, 0.2) is 18.2 Å². The van der Waals surface area contributed by atoms with E-state index in [1.807, 2.05) is 17.0 Å². The van der Waals surface area contributed by atoms with Gasteiger partial charge in [-0.05, 0) is 43.0 Å². The van der Waals surface area contributed by atoms with Crippen molar-refractivity contribution in [1.29, 1.82) is 0 Å². The van der Waals surface area contributed by atoms with E-state index < -0.39 is 0 Å². The molecule has 3 N–H and O–H groups in total. The van der Waals surface area contributed by atoms with Gasteiger partial charge in [0, 0.05) is 19.6 Å². The van der Waals surface area contributed by atoms with Crippen LogP contribution < -0.4 is 16.2 Å². The van der Waals surface area contributed by atoms with Crippen molar-refractivity contribution in [2.75, 3.05) is 25.1 Å². The molecule has 5 nitrogen and oxygen atoms in total. The fraction of sp³-hybridized carbons (Fsp3) is 0.500. The highest BCUT2D eigenvalue weighted by molar-refractivity contribution is 5.76. The van der Waals surface area contributed by atoms with Crippen LogP contribution in [0.1, 0.15) is 24.0 Å². The smallest absolute Gasteiger partial charge is 0.323 e. The van der Waals surface area contributed by atoms with Gasteiger partial charge in [0.15, 0.2) is 0 Å². The topological polar surface area (TPSA) is 56.4 Å². The summed E-state index contributed by atoms with van der Waals surface area (Å²) < 4.78 is 0. The summed E-state index contributed by atoms with van der Waals surface area (Å²) in [6.07, 6.45) is 3.26. The Bertz CT molecular complexity index is 469. The Morgan fingerprint density at radius 3 is 2.95 bits per heavy atom. The van der Waals surface area contributed by atoms with E-state index in [9.17, 15) is 4.79 Å². The van der Waals surface area contributed by atoms with Crippen molar-refractivity contribution in [2.45, 2.75) is 25.8 Å². The number of carbonyl (C=O) groups is 1. The van der Waals surface area contributed by atoms with Gasteiger partial charge in [-0.15, -0.1) is 0 Å². The van der Waals surface area contributed by atoms with Crippen LogP contribution in [-0.4, -0.2) is 30.6 Å². The molecule has 19 heavy (non-hydrogen) atoms. The minimum atomic E-state index is -0.0288. The molecule has 2 aliphatic rings. The Hall–Kier alpha value is -1.75. The number of rotatable bonds is 2. The Morgan fingerprint density at radius 2 is 2.11 bits per heavy atom. The highest BCUT2D eigenvalue weighted by Gasteiger charge is 2.18. The molecule has 2 heterocycles. The summed E-state index contributed by atoms with van der Waals surface area (Å²) in [5.74, 6) is 0. The molecule has 1 fully saturated rings. The number of fused-ring (bicyclic) bond motifs is 1. The molecule has 0 radical (unpaired) electrons. The molecule has 2 aliphatic heterocycles. The zero-order valence-corrected chi connectivity index (χ0v) is 11.0. The maximum absolute atomic E-state index is 11.9. The number of hydrogen-bond acceptors (Lipinski definition) is 3. The van der Waals surface area contributed by atoms with E-state index in [0.717, 1.165) is 51.1 Å². The lowest BCUT2D eigenvalue weighted by Crippen LogP contribution is -2.41. The zero-order valence-electron chi connectivity index (χ0n) is 11.0. The second kappa shape index (κ2) is 5.48. The van der Waals surface area contributed by atoms with Crippen LogP contribution in [0.25, 0.3) is 0 Å². The molecule has 102 valence electrons. The number of amides is 2. The van der Waals surface area contributed by atoms with E-state index in [2.05, 4.69) is 22.2 Å². The monoisotopic (exact) mass is 260 g/mol. The highest BCUT2D eigenvalue weighted by Crippen LogP contribution is 2.22. The predicted molar refractivity (Wildman–Crippen MR) is 74.8 cm³/mol. The quantitative estimate of drug-likeness (QED) is 0.706. The van der Waals surface area contributed by atoms with Crippen LogP contribution in [0, 0.1) is 0 Å². The van der Waals surface area contributed by atoms with E-state index in [1.165, 1.54) is 11.1 Å². The second-order valence-electron chi connectivity index (χ2n) is 5.12. The van der Waals surface area contributed by atoms with Crippen LogP contribution in [0.2, 0.25) is 0 Å². The molecular formula is C14H20N4O. The average molecular weight is 260 g/mol. The van der Waals surface area contributed by atoms with Gasteiger partial charge < -0.3 is 10.2 Å². The molecule has 5 heteroatoms. The van der Waals surface area contributed by atoms with Crippen molar-refractivity contribution in [3.05, 3.63) is 29.3 Å². The van der Waals surface area contributed by atoms with Gasteiger partial charge in [-0.25, -0.2) is 4.79 Å². The first-order chi connectivity index (χ1) is 9.34. The summed E-state index contributed by atoms with van der Waals surface area (Å²) >= 11 is 0. The summed E-state index contributed by atoms with van der Waals surface area (Å²) in [7, 11) is 0. The third kappa shape index (κ3) is 2.66. The van der Waals surface area contributed by atoms with Gasteiger partial charge >= 0.3 is 6.03 Å². The SMILES string of the molecule is O=C(NNc1cccc2c1CNCC2)N1CCCC1. The first-order valence-electron chi connectivity index (χ1n) is 6.97. The van der Waals surface area contributed by atoms with Crippen molar-refractivity contribution in [3.63, 3.8) is 0 Å². The molecular weight excluding hydrogens is 240 g/mol. The average Bonchev–Trinajstić information content (AvgIpc) is 2.99. The Kier molecular flexibility index (Phi) is 3.55. The molecule has 1 aromatic rings. The molecule has 0 unspecified atom stereocenters. The van der Waals surface area contributed by atoms with E-state index >= 15 is 0 Å². The zero-order chi connectivity index (χ0) is 13.1. The van der Waals surface area contributed by atoms with Crippen LogP contribution in [-0.2, 0) is 13.0 Å². The lowest BCUT2D eigenvalue weighted by Gasteiger charge is -2.22. The molecule has 0 aromatic heterocycles. The number of hydrazine groups is 1. The fourth-order valence-corrected chi connectivity index (χ4v) is 2.75. The van der Waals surface area contributed by atoms with Crippen LogP contribution in [0.5, 0.6) is 0 Å². The Balaban J connectivity index is 1.65. The molecule has 3 rings (SSSR count). The van der Waals surface area contributed by atoms with Crippen molar-refractivity contribution < 1.29 is 4.79 Å². The van der Waals surface area contributed by atoms with Gasteiger partial charge in [0.1, 0.15) is 0 Å². The van der Waals surface area contributed by atoms with Gasteiger partial charge in [0.05, 0.1) is 5.69 Å². The van der Waals surface area contributed by atoms with Crippen molar-refractivity contribution >= 4 is 11.7 Å². The van der Waals surface area contributed by atoms with E-state index in [1.54, 1.807) is 0 Å². The predicted octanol–water partition coefficient (Wildman–Crippen LogP) is 1.46. The molecule has 0 bridgehead atoms. The Labute approximate surface area is 113 Å². The summed E-state index contributed by atoms with van der Waals surface area (Å²) in [5, 5.41) is 3.36. The summed E-state index contributed by atoms with van der Waals surface area (Å²) in [4.78, 5) is 13.8. The molecule has 0 aliphatic carbocycles. The minimum absolute atomic E-state index is 0.0288. The largest absolute Gasteiger partial charge is 0.336 e. The van der Waals surface area contributed by atoms with E-state index in [0.29, 0.717) is 0 Å². The number of urea groups is 1. The maximum atomic E-state index is 11.9. The third-order valence-corrected chi connectivity index (χ3v) is 3.84. The van der Waals surface area contributed by atoms with Gasteiger partial charge in [0.2, 0.25) is 0 Å². The number of anilines is 1. The Morgan fingerprint density at radius 1 is 1.26 bits per heavy atom. The summed E-state index contributed by atoms with van der Waals surface area (Å²) in [5.41, 5.74) is 9.49. The number of nitrogens with one attached hydrogen (secondary N) is 3. The highest BCUT2D eigenvalue weighted by atomic mass is 16.2. The van der Waals surface area contributed by atoms with Crippen molar-refractivity contribution in [1.82, 2.24) is 15.6 Å². The number of likely N-dealkylation sites (tertiary alicyclic amines) is 1.